The van der Waals surface area contributed by atoms with Crippen molar-refractivity contribution in [2.24, 2.45) is 0 Å². The van der Waals surface area contributed by atoms with Crippen LogP contribution in [0.4, 0.5) is 0 Å². The summed E-state index contributed by atoms with van der Waals surface area (Å²) >= 11 is 3.44. The number of aromatic nitrogens is 4. The van der Waals surface area contributed by atoms with E-state index in [1.165, 1.54) is 25.7 Å². The summed E-state index contributed by atoms with van der Waals surface area (Å²) < 4.78 is 2.79. The van der Waals surface area contributed by atoms with Gasteiger partial charge in [-0.15, -0.1) is 5.10 Å². The topological polar surface area (TPSA) is 46.8 Å². The van der Waals surface area contributed by atoms with Crippen molar-refractivity contribution in [3.8, 4) is 5.69 Å². The molecule has 1 aromatic carbocycles. The fraction of sp³-hybridized carbons (Fsp3) is 0.400. The Morgan fingerprint density at radius 1 is 1.00 bits per heavy atom. The monoisotopic (exact) mass is 347 g/mol. The maximum absolute atomic E-state index is 4.10. The summed E-state index contributed by atoms with van der Waals surface area (Å²) in [4.78, 5) is 2.35. The minimum absolute atomic E-state index is 0.751. The molecule has 0 amide bonds. The molecule has 0 aliphatic carbocycles. The van der Waals surface area contributed by atoms with Crippen LogP contribution in [0.15, 0.2) is 34.9 Å². The van der Waals surface area contributed by atoms with E-state index in [0.29, 0.717) is 0 Å². The van der Waals surface area contributed by atoms with E-state index in [9.17, 15) is 0 Å². The molecular formula is C15H18BrN5. The quantitative estimate of drug-likeness (QED) is 0.854. The number of likely N-dealkylation sites (tertiary alicyclic amines) is 1. The molecule has 0 unspecified atom stereocenters. The number of hydrogen-bond donors (Lipinski definition) is 0. The van der Waals surface area contributed by atoms with Gasteiger partial charge in [-0.3, -0.25) is 0 Å². The second-order valence-corrected chi connectivity index (χ2v) is 6.11. The van der Waals surface area contributed by atoms with Crippen molar-refractivity contribution in [1.29, 1.82) is 0 Å². The van der Waals surface area contributed by atoms with Gasteiger partial charge in [-0.1, -0.05) is 28.8 Å². The number of rotatable bonds is 3. The predicted molar refractivity (Wildman–Crippen MR) is 85.9 cm³/mol. The van der Waals surface area contributed by atoms with Gasteiger partial charge >= 0.3 is 0 Å². The van der Waals surface area contributed by atoms with Crippen molar-refractivity contribution in [3.63, 3.8) is 0 Å². The van der Waals surface area contributed by atoms with Crippen LogP contribution in [0.1, 0.15) is 31.5 Å². The highest BCUT2D eigenvalue weighted by atomic mass is 79.9. The van der Waals surface area contributed by atoms with Gasteiger partial charge in [0.2, 0.25) is 0 Å². The predicted octanol–water partition coefficient (Wildman–Crippen LogP) is 3.27. The molecule has 5 nitrogen and oxygen atoms in total. The van der Waals surface area contributed by atoms with Gasteiger partial charge in [0, 0.05) is 29.8 Å². The van der Waals surface area contributed by atoms with E-state index >= 15 is 0 Å². The average Bonchev–Trinajstić information content (AvgIpc) is 2.81. The van der Waals surface area contributed by atoms with E-state index in [1.807, 2.05) is 30.3 Å². The Bertz CT molecular complexity index is 597. The molecule has 2 aromatic rings. The van der Waals surface area contributed by atoms with Crippen LogP contribution in [-0.4, -0.2) is 38.2 Å². The molecule has 1 fully saturated rings. The fourth-order valence-corrected chi connectivity index (χ4v) is 2.74. The number of hydrogen-bond acceptors (Lipinski definition) is 4. The molecular weight excluding hydrogens is 330 g/mol. The van der Waals surface area contributed by atoms with E-state index in [-0.39, 0.29) is 0 Å². The van der Waals surface area contributed by atoms with Crippen molar-refractivity contribution >= 4 is 22.0 Å². The Hall–Kier alpha value is -1.69. The highest BCUT2D eigenvalue weighted by Crippen LogP contribution is 2.15. The SMILES string of the molecule is Brc1ccc(-n2nnnc2/C=C/N2CCCCCC2)cc1. The van der Waals surface area contributed by atoms with Gasteiger partial charge < -0.3 is 4.90 Å². The lowest BCUT2D eigenvalue weighted by Gasteiger charge is -2.16. The Labute approximate surface area is 132 Å². The van der Waals surface area contributed by atoms with Gasteiger partial charge in [0.25, 0.3) is 0 Å². The highest BCUT2D eigenvalue weighted by Gasteiger charge is 2.07. The normalized spacial score (nSPS) is 16.3. The molecule has 1 aromatic heterocycles. The number of halogens is 1. The van der Waals surface area contributed by atoms with Crippen LogP contribution in [0.25, 0.3) is 11.8 Å². The van der Waals surface area contributed by atoms with Crippen molar-refractivity contribution in [2.75, 3.05) is 13.1 Å². The van der Waals surface area contributed by atoms with Crippen LogP contribution in [0.2, 0.25) is 0 Å². The summed E-state index contributed by atoms with van der Waals surface area (Å²) in [5.41, 5.74) is 0.957. The van der Waals surface area contributed by atoms with Crippen LogP contribution in [0.5, 0.6) is 0 Å². The second-order valence-electron chi connectivity index (χ2n) is 5.19. The third-order valence-electron chi connectivity index (χ3n) is 3.64. The fourth-order valence-electron chi connectivity index (χ4n) is 2.48. The van der Waals surface area contributed by atoms with Gasteiger partial charge in [-0.05, 0) is 47.5 Å². The van der Waals surface area contributed by atoms with E-state index < -0.39 is 0 Å². The number of nitrogens with zero attached hydrogens (tertiary/aromatic N) is 5. The Kier molecular flexibility index (Phi) is 4.65. The zero-order valence-electron chi connectivity index (χ0n) is 11.8. The smallest absolute Gasteiger partial charge is 0.181 e. The van der Waals surface area contributed by atoms with E-state index in [0.717, 1.165) is 29.1 Å². The Morgan fingerprint density at radius 3 is 2.43 bits per heavy atom. The van der Waals surface area contributed by atoms with Crippen LogP contribution >= 0.6 is 15.9 Å². The molecule has 110 valence electrons. The zero-order chi connectivity index (χ0) is 14.5. The summed E-state index contributed by atoms with van der Waals surface area (Å²) in [6.07, 6.45) is 9.31. The van der Waals surface area contributed by atoms with E-state index in [2.05, 4.69) is 42.6 Å². The van der Waals surface area contributed by atoms with Gasteiger partial charge in [0.1, 0.15) is 0 Å². The van der Waals surface area contributed by atoms with Crippen molar-refractivity contribution in [3.05, 3.63) is 40.8 Å². The van der Waals surface area contributed by atoms with Crippen LogP contribution < -0.4 is 0 Å². The summed E-state index contributed by atoms with van der Waals surface area (Å²) in [6.45, 7) is 2.24. The lowest BCUT2D eigenvalue weighted by Crippen LogP contribution is -2.17. The molecule has 0 spiro atoms. The standard InChI is InChI=1S/C15H18BrN5/c16-13-5-7-14(8-6-13)21-15(17-18-19-21)9-12-20-10-3-1-2-4-11-20/h5-9,12H,1-4,10-11H2/b12-9+. The first-order valence-corrected chi connectivity index (χ1v) is 8.09. The highest BCUT2D eigenvalue weighted by molar-refractivity contribution is 9.10. The molecule has 0 bridgehead atoms. The molecule has 0 saturated carbocycles. The Balaban J connectivity index is 1.77. The third kappa shape index (κ3) is 3.69. The molecule has 1 saturated heterocycles. The average molecular weight is 348 g/mol. The molecule has 0 N–H and O–H groups in total. The Morgan fingerprint density at radius 2 is 1.71 bits per heavy atom. The van der Waals surface area contributed by atoms with Crippen LogP contribution in [-0.2, 0) is 0 Å². The number of benzene rings is 1. The van der Waals surface area contributed by atoms with Crippen LogP contribution in [0.3, 0.4) is 0 Å². The zero-order valence-corrected chi connectivity index (χ0v) is 13.4. The largest absolute Gasteiger partial charge is 0.377 e. The van der Waals surface area contributed by atoms with Gasteiger partial charge in [-0.2, -0.15) is 4.68 Å². The van der Waals surface area contributed by atoms with Gasteiger partial charge in [0.15, 0.2) is 5.82 Å². The molecule has 6 heteroatoms. The summed E-state index contributed by atoms with van der Waals surface area (Å²) in [5, 5.41) is 12.0. The maximum Gasteiger partial charge on any atom is 0.181 e. The molecule has 0 radical (unpaired) electrons. The van der Waals surface area contributed by atoms with Crippen molar-refractivity contribution in [1.82, 2.24) is 25.1 Å². The molecule has 2 heterocycles. The third-order valence-corrected chi connectivity index (χ3v) is 4.17. The summed E-state index contributed by atoms with van der Waals surface area (Å²) in [6, 6.07) is 7.95. The van der Waals surface area contributed by atoms with Gasteiger partial charge in [-0.25, -0.2) is 0 Å². The molecule has 21 heavy (non-hydrogen) atoms. The first kappa shape index (κ1) is 14.3. The van der Waals surface area contributed by atoms with E-state index in [4.69, 9.17) is 0 Å². The van der Waals surface area contributed by atoms with E-state index in [1.54, 1.807) is 4.68 Å². The summed E-state index contributed by atoms with van der Waals surface area (Å²) in [5.74, 6) is 0.751. The van der Waals surface area contributed by atoms with Crippen molar-refractivity contribution < 1.29 is 0 Å². The first-order valence-electron chi connectivity index (χ1n) is 7.29. The lowest BCUT2D eigenvalue weighted by molar-refractivity contribution is 0.394. The van der Waals surface area contributed by atoms with Gasteiger partial charge in [0.05, 0.1) is 5.69 Å². The second kappa shape index (κ2) is 6.85. The minimum atomic E-state index is 0.751. The summed E-state index contributed by atoms with van der Waals surface area (Å²) in [7, 11) is 0. The van der Waals surface area contributed by atoms with Crippen LogP contribution in [0, 0.1) is 0 Å². The number of tetrazole rings is 1. The van der Waals surface area contributed by atoms with Crippen molar-refractivity contribution in [2.45, 2.75) is 25.7 Å². The lowest BCUT2D eigenvalue weighted by atomic mass is 10.2. The molecule has 1 aliphatic rings. The first-order chi connectivity index (χ1) is 10.3. The molecule has 0 atom stereocenters. The molecule has 3 rings (SSSR count). The minimum Gasteiger partial charge on any atom is -0.377 e. The maximum atomic E-state index is 4.10. The molecule has 1 aliphatic heterocycles.